The van der Waals surface area contributed by atoms with Gasteiger partial charge in [-0.3, -0.25) is 0 Å². The highest BCUT2D eigenvalue weighted by Gasteiger charge is 2.20. The molecule has 1 atom stereocenters. The highest BCUT2D eigenvalue weighted by molar-refractivity contribution is 9.10. The molecule has 3 heteroatoms. The van der Waals surface area contributed by atoms with E-state index in [4.69, 9.17) is 4.74 Å². The Kier molecular flexibility index (Phi) is 4.38. The normalized spacial score (nSPS) is 17.4. The number of fused-ring (bicyclic) bond motifs is 1. The average molecular weight is 332 g/mol. The molecule has 1 aliphatic rings. The van der Waals surface area contributed by atoms with Crippen LogP contribution in [0.4, 0.5) is 0 Å². The van der Waals surface area contributed by atoms with Gasteiger partial charge in [0.2, 0.25) is 0 Å². The van der Waals surface area contributed by atoms with Crippen LogP contribution in [0.1, 0.15) is 23.5 Å². The van der Waals surface area contributed by atoms with Gasteiger partial charge >= 0.3 is 0 Å². The van der Waals surface area contributed by atoms with Crippen LogP contribution in [-0.2, 0) is 6.54 Å². The topological polar surface area (TPSA) is 21.3 Å². The quantitative estimate of drug-likeness (QED) is 0.910. The van der Waals surface area contributed by atoms with Gasteiger partial charge < -0.3 is 10.1 Å². The summed E-state index contributed by atoms with van der Waals surface area (Å²) in [4.78, 5) is 0. The maximum absolute atomic E-state index is 5.70. The third kappa shape index (κ3) is 3.22. The maximum Gasteiger partial charge on any atom is 0.122 e. The highest BCUT2D eigenvalue weighted by atomic mass is 79.9. The largest absolute Gasteiger partial charge is 0.493 e. The van der Waals surface area contributed by atoms with Crippen molar-refractivity contribution in [2.75, 3.05) is 13.2 Å². The number of benzene rings is 2. The maximum atomic E-state index is 5.70. The number of nitrogens with one attached hydrogen (secondary N) is 1. The number of para-hydroxylation sites is 1. The summed E-state index contributed by atoms with van der Waals surface area (Å²) in [7, 11) is 0. The van der Waals surface area contributed by atoms with Crippen LogP contribution in [0.5, 0.6) is 5.75 Å². The molecule has 0 spiro atoms. The first-order chi connectivity index (χ1) is 9.83. The molecule has 0 aromatic heterocycles. The van der Waals surface area contributed by atoms with Crippen LogP contribution in [0.25, 0.3) is 0 Å². The fourth-order valence-corrected chi connectivity index (χ4v) is 2.89. The molecule has 0 amide bonds. The molecule has 20 heavy (non-hydrogen) atoms. The lowest BCUT2D eigenvalue weighted by atomic mass is 9.93. The van der Waals surface area contributed by atoms with Gasteiger partial charge in [0.1, 0.15) is 5.75 Å². The summed E-state index contributed by atoms with van der Waals surface area (Å²) >= 11 is 3.46. The Morgan fingerprint density at radius 1 is 1.10 bits per heavy atom. The van der Waals surface area contributed by atoms with Crippen molar-refractivity contribution in [3.8, 4) is 5.75 Å². The van der Waals surface area contributed by atoms with E-state index in [0.29, 0.717) is 5.92 Å². The van der Waals surface area contributed by atoms with Crippen molar-refractivity contribution in [1.82, 2.24) is 5.32 Å². The molecule has 0 fully saturated rings. The van der Waals surface area contributed by atoms with Crippen LogP contribution in [-0.4, -0.2) is 13.2 Å². The van der Waals surface area contributed by atoms with E-state index >= 15 is 0 Å². The van der Waals surface area contributed by atoms with E-state index in [9.17, 15) is 0 Å². The van der Waals surface area contributed by atoms with Gasteiger partial charge in [-0.25, -0.2) is 0 Å². The van der Waals surface area contributed by atoms with Crippen LogP contribution in [0.2, 0.25) is 0 Å². The zero-order chi connectivity index (χ0) is 13.8. The third-order valence-corrected chi connectivity index (χ3v) is 4.24. The Balaban J connectivity index is 1.58. The van der Waals surface area contributed by atoms with Crippen molar-refractivity contribution in [1.29, 1.82) is 0 Å². The summed E-state index contributed by atoms with van der Waals surface area (Å²) in [5.41, 5.74) is 2.65. The molecule has 2 aromatic rings. The summed E-state index contributed by atoms with van der Waals surface area (Å²) in [5.74, 6) is 1.60. The zero-order valence-corrected chi connectivity index (χ0v) is 12.9. The third-order valence-electron chi connectivity index (χ3n) is 3.72. The van der Waals surface area contributed by atoms with E-state index in [0.717, 1.165) is 36.3 Å². The van der Waals surface area contributed by atoms with Crippen molar-refractivity contribution in [2.24, 2.45) is 0 Å². The minimum atomic E-state index is 0.551. The van der Waals surface area contributed by atoms with Gasteiger partial charge in [0.05, 0.1) is 6.61 Å². The number of hydrogen-bond acceptors (Lipinski definition) is 2. The molecule has 1 aliphatic heterocycles. The Bertz CT molecular complexity index is 567. The number of ether oxygens (including phenoxy) is 1. The van der Waals surface area contributed by atoms with Gasteiger partial charge in [-0.15, -0.1) is 0 Å². The summed E-state index contributed by atoms with van der Waals surface area (Å²) in [6, 6.07) is 16.8. The van der Waals surface area contributed by atoms with Crippen molar-refractivity contribution in [3.63, 3.8) is 0 Å². The molecular weight excluding hydrogens is 314 g/mol. The number of rotatable bonds is 4. The van der Waals surface area contributed by atoms with E-state index < -0.39 is 0 Å². The molecule has 3 rings (SSSR count). The molecule has 2 nitrogen and oxygen atoms in total. The smallest absolute Gasteiger partial charge is 0.122 e. The lowest BCUT2D eigenvalue weighted by Crippen LogP contribution is -2.25. The molecule has 0 aliphatic carbocycles. The highest BCUT2D eigenvalue weighted by Crippen LogP contribution is 2.32. The zero-order valence-electron chi connectivity index (χ0n) is 11.3. The second-order valence-corrected chi connectivity index (χ2v) is 6.04. The molecule has 0 bridgehead atoms. The predicted molar refractivity (Wildman–Crippen MR) is 85.1 cm³/mol. The van der Waals surface area contributed by atoms with Gasteiger partial charge in [0.15, 0.2) is 0 Å². The summed E-state index contributed by atoms with van der Waals surface area (Å²) in [6.07, 6.45) is 1.09. The van der Waals surface area contributed by atoms with Crippen LogP contribution < -0.4 is 10.1 Å². The minimum absolute atomic E-state index is 0.551. The first kappa shape index (κ1) is 13.7. The Morgan fingerprint density at radius 3 is 2.75 bits per heavy atom. The monoisotopic (exact) mass is 331 g/mol. The van der Waals surface area contributed by atoms with E-state index in [1.165, 1.54) is 11.1 Å². The van der Waals surface area contributed by atoms with Crippen molar-refractivity contribution < 1.29 is 4.74 Å². The average Bonchev–Trinajstić information content (AvgIpc) is 2.49. The standard InChI is InChI=1S/C17H18BrNO/c18-15-7-5-13(6-8-15)11-19-12-14-9-10-20-17-4-2-1-3-16(14)17/h1-8,14,19H,9-12H2. The SMILES string of the molecule is Brc1ccc(CNCC2CCOc3ccccc32)cc1. The Labute approximate surface area is 128 Å². The number of hydrogen-bond donors (Lipinski definition) is 1. The minimum Gasteiger partial charge on any atom is -0.493 e. The Morgan fingerprint density at radius 2 is 1.90 bits per heavy atom. The molecular formula is C17H18BrNO. The summed E-state index contributed by atoms with van der Waals surface area (Å²) in [5, 5.41) is 3.56. The lowest BCUT2D eigenvalue weighted by Gasteiger charge is -2.26. The fraction of sp³-hybridized carbons (Fsp3) is 0.294. The van der Waals surface area contributed by atoms with Crippen LogP contribution in [0, 0.1) is 0 Å². The number of halogens is 1. The summed E-state index contributed by atoms with van der Waals surface area (Å²) < 4.78 is 6.82. The fourth-order valence-electron chi connectivity index (χ4n) is 2.62. The predicted octanol–water partition coefficient (Wildman–Crippen LogP) is 4.11. The van der Waals surface area contributed by atoms with Crippen LogP contribution in [0.3, 0.4) is 0 Å². The first-order valence-electron chi connectivity index (χ1n) is 7.00. The van der Waals surface area contributed by atoms with Gasteiger partial charge in [-0.1, -0.05) is 46.3 Å². The van der Waals surface area contributed by atoms with Crippen LogP contribution in [0.15, 0.2) is 53.0 Å². The molecule has 0 saturated carbocycles. The molecule has 2 aromatic carbocycles. The molecule has 104 valence electrons. The van der Waals surface area contributed by atoms with Crippen molar-refractivity contribution in [3.05, 3.63) is 64.1 Å². The van der Waals surface area contributed by atoms with Crippen molar-refractivity contribution in [2.45, 2.75) is 18.9 Å². The van der Waals surface area contributed by atoms with E-state index in [1.54, 1.807) is 0 Å². The summed E-state index contributed by atoms with van der Waals surface area (Å²) in [6.45, 7) is 2.73. The van der Waals surface area contributed by atoms with Gasteiger partial charge in [-0.05, 0) is 35.7 Å². The van der Waals surface area contributed by atoms with Crippen LogP contribution >= 0.6 is 15.9 Å². The van der Waals surface area contributed by atoms with E-state index in [-0.39, 0.29) is 0 Å². The second kappa shape index (κ2) is 6.42. The second-order valence-electron chi connectivity index (χ2n) is 5.13. The van der Waals surface area contributed by atoms with Gasteiger partial charge in [-0.2, -0.15) is 0 Å². The molecule has 1 N–H and O–H groups in total. The van der Waals surface area contributed by atoms with E-state index in [1.807, 2.05) is 6.07 Å². The lowest BCUT2D eigenvalue weighted by molar-refractivity contribution is 0.264. The Hall–Kier alpha value is -1.32. The first-order valence-corrected chi connectivity index (χ1v) is 7.79. The molecule has 0 radical (unpaired) electrons. The molecule has 1 heterocycles. The van der Waals surface area contributed by atoms with Crippen molar-refractivity contribution >= 4 is 15.9 Å². The van der Waals surface area contributed by atoms with Gasteiger partial charge in [0.25, 0.3) is 0 Å². The molecule has 1 unspecified atom stereocenters. The molecule has 0 saturated heterocycles. The van der Waals surface area contributed by atoms with E-state index in [2.05, 4.69) is 63.7 Å². The van der Waals surface area contributed by atoms with Gasteiger partial charge in [0, 0.05) is 23.5 Å².